The van der Waals surface area contributed by atoms with E-state index in [1.54, 1.807) is 24.3 Å². The zero-order chi connectivity index (χ0) is 18.1. The van der Waals surface area contributed by atoms with Gasteiger partial charge >= 0.3 is 0 Å². The lowest BCUT2D eigenvalue weighted by Crippen LogP contribution is -2.38. The number of likely N-dealkylation sites (tertiary alicyclic amines) is 1. The van der Waals surface area contributed by atoms with Gasteiger partial charge in [-0.05, 0) is 56.9 Å². The first-order valence-electron chi connectivity index (χ1n) is 9.10. The Morgan fingerprint density at radius 2 is 1.81 bits per heavy atom. The van der Waals surface area contributed by atoms with Crippen LogP contribution >= 0.6 is 0 Å². The molecule has 26 heavy (non-hydrogen) atoms. The third kappa shape index (κ3) is 3.61. The highest BCUT2D eigenvalue weighted by molar-refractivity contribution is 5.96. The normalized spacial score (nSPS) is 18.0. The molecule has 0 radical (unpaired) electrons. The quantitative estimate of drug-likeness (QED) is 0.912. The van der Waals surface area contributed by atoms with Crippen LogP contribution in [0.2, 0.25) is 0 Å². The minimum absolute atomic E-state index is 0.0187. The number of aromatic nitrogens is 2. The predicted octanol–water partition coefficient (Wildman–Crippen LogP) is 2.75. The minimum atomic E-state index is 0.0187. The van der Waals surface area contributed by atoms with Gasteiger partial charge in [0, 0.05) is 36.2 Å². The summed E-state index contributed by atoms with van der Waals surface area (Å²) in [6.07, 6.45) is 3.59. The minimum Gasteiger partial charge on any atom is -0.339 e. The van der Waals surface area contributed by atoms with Gasteiger partial charge in [0.1, 0.15) is 0 Å². The Bertz CT molecular complexity index is 802. The van der Waals surface area contributed by atoms with Gasteiger partial charge in [-0.15, -0.1) is 0 Å². The van der Waals surface area contributed by atoms with Crippen LogP contribution in [0.5, 0.6) is 0 Å². The van der Waals surface area contributed by atoms with Gasteiger partial charge in [0.2, 0.25) is 11.8 Å². The molecular weight excluding hydrogens is 332 g/mol. The SMILES string of the molecule is Cc1noc(C2CCN(C(=O)c3ccc(NC(=O)C4CC4)cc3)CC2)n1. The van der Waals surface area contributed by atoms with E-state index in [0.717, 1.165) is 31.4 Å². The second kappa shape index (κ2) is 6.90. The van der Waals surface area contributed by atoms with E-state index in [4.69, 9.17) is 4.52 Å². The fourth-order valence-electron chi connectivity index (χ4n) is 3.28. The molecule has 1 aliphatic heterocycles. The monoisotopic (exact) mass is 354 g/mol. The van der Waals surface area contributed by atoms with Gasteiger partial charge < -0.3 is 14.7 Å². The maximum atomic E-state index is 12.7. The topological polar surface area (TPSA) is 88.3 Å². The highest BCUT2D eigenvalue weighted by Gasteiger charge is 2.30. The number of piperidine rings is 1. The fourth-order valence-corrected chi connectivity index (χ4v) is 3.28. The molecule has 1 saturated heterocycles. The number of carbonyl (C=O) groups excluding carboxylic acids is 2. The lowest BCUT2D eigenvalue weighted by molar-refractivity contribution is -0.117. The van der Waals surface area contributed by atoms with E-state index >= 15 is 0 Å². The molecule has 0 spiro atoms. The van der Waals surface area contributed by atoms with Gasteiger partial charge in [-0.3, -0.25) is 9.59 Å². The number of hydrogen-bond donors (Lipinski definition) is 1. The first-order valence-corrected chi connectivity index (χ1v) is 9.10. The van der Waals surface area contributed by atoms with Crippen molar-refractivity contribution < 1.29 is 14.1 Å². The van der Waals surface area contributed by atoms with Crippen molar-refractivity contribution in [3.05, 3.63) is 41.5 Å². The summed E-state index contributed by atoms with van der Waals surface area (Å²) in [7, 11) is 0. The number of rotatable bonds is 4. The van der Waals surface area contributed by atoms with Crippen LogP contribution in [0.1, 0.15) is 53.7 Å². The Balaban J connectivity index is 1.33. The molecule has 136 valence electrons. The standard InChI is InChI=1S/C19H22N4O3/c1-12-20-18(26-22-12)14-8-10-23(11-9-14)19(25)15-4-6-16(7-5-15)21-17(24)13-2-3-13/h4-7,13-14H,2-3,8-11H2,1H3,(H,21,24). The Labute approximate surface area is 151 Å². The zero-order valence-corrected chi connectivity index (χ0v) is 14.8. The van der Waals surface area contributed by atoms with Crippen LogP contribution in [0.3, 0.4) is 0 Å². The van der Waals surface area contributed by atoms with Gasteiger partial charge in [-0.25, -0.2) is 0 Å². The number of aryl methyl sites for hydroxylation is 1. The molecule has 1 saturated carbocycles. The van der Waals surface area contributed by atoms with Gasteiger partial charge in [0.15, 0.2) is 5.82 Å². The first-order chi connectivity index (χ1) is 12.6. The number of amides is 2. The third-order valence-electron chi connectivity index (χ3n) is 5.02. The Kier molecular flexibility index (Phi) is 4.44. The van der Waals surface area contributed by atoms with Crippen molar-refractivity contribution in [1.29, 1.82) is 0 Å². The van der Waals surface area contributed by atoms with Crippen LogP contribution in [-0.4, -0.2) is 39.9 Å². The Morgan fingerprint density at radius 1 is 1.12 bits per heavy atom. The van der Waals surface area contributed by atoms with E-state index in [-0.39, 0.29) is 23.7 Å². The van der Waals surface area contributed by atoms with E-state index in [1.807, 2.05) is 11.8 Å². The van der Waals surface area contributed by atoms with E-state index in [1.165, 1.54) is 0 Å². The summed E-state index contributed by atoms with van der Waals surface area (Å²) in [6.45, 7) is 3.15. The lowest BCUT2D eigenvalue weighted by Gasteiger charge is -2.30. The summed E-state index contributed by atoms with van der Waals surface area (Å²) in [5.74, 6) is 1.80. The highest BCUT2D eigenvalue weighted by atomic mass is 16.5. The first kappa shape index (κ1) is 16.8. The summed E-state index contributed by atoms with van der Waals surface area (Å²) in [4.78, 5) is 30.6. The number of hydrogen-bond acceptors (Lipinski definition) is 5. The summed E-state index contributed by atoms with van der Waals surface area (Å²) >= 11 is 0. The molecule has 1 aromatic carbocycles. The lowest BCUT2D eigenvalue weighted by atomic mass is 9.96. The van der Waals surface area contributed by atoms with Gasteiger partial charge in [0.25, 0.3) is 5.91 Å². The molecule has 0 unspecified atom stereocenters. The van der Waals surface area contributed by atoms with Crippen LogP contribution in [0.15, 0.2) is 28.8 Å². The van der Waals surface area contributed by atoms with Crippen LogP contribution in [0.4, 0.5) is 5.69 Å². The second-order valence-electron chi connectivity index (χ2n) is 7.09. The van der Waals surface area contributed by atoms with Crippen LogP contribution in [0, 0.1) is 12.8 Å². The van der Waals surface area contributed by atoms with Crippen LogP contribution in [-0.2, 0) is 4.79 Å². The van der Waals surface area contributed by atoms with Crippen molar-refractivity contribution in [2.45, 2.75) is 38.5 Å². The number of carbonyl (C=O) groups is 2. The molecule has 2 heterocycles. The van der Waals surface area contributed by atoms with Crippen molar-refractivity contribution in [3.63, 3.8) is 0 Å². The molecule has 7 nitrogen and oxygen atoms in total. The molecule has 2 amide bonds. The molecule has 2 aliphatic rings. The number of nitrogens with one attached hydrogen (secondary N) is 1. The molecular formula is C19H22N4O3. The van der Waals surface area contributed by atoms with E-state index in [0.29, 0.717) is 30.4 Å². The molecule has 0 bridgehead atoms. The molecule has 2 aromatic rings. The van der Waals surface area contributed by atoms with Crippen molar-refractivity contribution in [3.8, 4) is 0 Å². The summed E-state index contributed by atoms with van der Waals surface area (Å²) < 4.78 is 5.25. The average Bonchev–Trinajstić information content (AvgIpc) is 3.43. The van der Waals surface area contributed by atoms with E-state index in [9.17, 15) is 9.59 Å². The maximum absolute atomic E-state index is 12.7. The smallest absolute Gasteiger partial charge is 0.253 e. The van der Waals surface area contributed by atoms with Crippen LogP contribution < -0.4 is 5.32 Å². The Hall–Kier alpha value is -2.70. The van der Waals surface area contributed by atoms with E-state index < -0.39 is 0 Å². The number of anilines is 1. The molecule has 7 heteroatoms. The van der Waals surface area contributed by atoms with Gasteiger partial charge in [0.05, 0.1) is 0 Å². The summed E-state index contributed by atoms with van der Waals surface area (Å²) in [5.41, 5.74) is 1.38. The van der Waals surface area contributed by atoms with Crippen LogP contribution in [0.25, 0.3) is 0 Å². The van der Waals surface area contributed by atoms with Crippen molar-refractivity contribution >= 4 is 17.5 Å². The Morgan fingerprint density at radius 3 is 2.38 bits per heavy atom. The third-order valence-corrected chi connectivity index (χ3v) is 5.02. The molecule has 2 fully saturated rings. The van der Waals surface area contributed by atoms with Gasteiger partial charge in [-0.1, -0.05) is 5.16 Å². The van der Waals surface area contributed by atoms with Crippen molar-refractivity contribution in [1.82, 2.24) is 15.0 Å². The molecule has 1 N–H and O–H groups in total. The van der Waals surface area contributed by atoms with E-state index in [2.05, 4.69) is 15.5 Å². The van der Waals surface area contributed by atoms with Crippen molar-refractivity contribution in [2.24, 2.45) is 5.92 Å². The summed E-state index contributed by atoms with van der Waals surface area (Å²) in [6, 6.07) is 7.14. The predicted molar refractivity (Wildman–Crippen MR) is 94.7 cm³/mol. The molecule has 1 aromatic heterocycles. The fraction of sp³-hybridized carbons (Fsp3) is 0.474. The zero-order valence-electron chi connectivity index (χ0n) is 14.8. The maximum Gasteiger partial charge on any atom is 0.253 e. The average molecular weight is 354 g/mol. The highest BCUT2D eigenvalue weighted by Crippen LogP contribution is 2.30. The number of benzene rings is 1. The number of nitrogens with zero attached hydrogens (tertiary/aromatic N) is 3. The summed E-state index contributed by atoms with van der Waals surface area (Å²) in [5, 5.41) is 6.73. The largest absolute Gasteiger partial charge is 0.339 e. The van der Waals surface area contributed by atoms with Gasteiger partial charge in [-0.2, -0.15) is 4.98 Å². The molecule has 1 aliphatic carbocycles. The van der Waals surface area contributed by atoms with Crippen molar-refractivity contribution in [2.75, 3.05) is 18.4 Å². The molecule has 0 atom stereocenters. The second-order valence-corrected chi connectivity index (χ2v) is 7.09. The molecule has 4 rings (SSSR count).